The number of benzene rings is 1. The van der Waals surface area contributed by atoms with E-state index >= 15 is 0 Å². The van der Waals surface area contributed by atoms with E-state index in [0.29, 0.717) is 22.6 Å². The van der Waals surface area contributed by atoms with E-state index in [1.54, 1.807) is 24.3 Å². The molecule has 0 amide bonds. The topological polar surface area (TPSA) is 47.3 Å². The summed E-state index contributed by atoms with van der Waals surface area (Å²) in [6.45, 7) is 2.17. The fourth-order valence-corrected chi connectivity index (χ4v) is 3.29. The van der Waals surface area contributed by atoms with Crippen LogP contribution in [-0.4, -0.2) is 11.6 Å². The van der Waals surface area contributed by atoms with Crippen LogP contribution in [0.1, 0.15) is 56.7 Å². The maximum absolute atomic E-state index is 12.7. The van der Waals surface area contributed by atoms with E-state index in [4.69, 9.17) is 4.42 Å². The molecule has 0 saturated heterocycles. The molecular weight excluding hydrogens is 252 g/mol. The number of aryl methyl sites for hydroxylation is 1. The maximum atomic E-state index is 12.7. The summed E-state index contributed by atoms with van der Waals surface area (Å²) in [4.78, 5) is 25.2. The third kappa shape index (κ3) is 1.40. The van der Waals surface area contributed by atoms with Crippen molar-refractivity contribution in [1.82, 2.24) is 0 Å². The first kappa shape index (κ1) is 11.6. The minimum absolute atomic E-state index is 0.0608. The summed E-state index contributed by atoms with van der Waals surface area (Å²) in [5.41, 5.74) is 2.46. The second kappa shape index (κ2) is 3.92. The average molecular weight is 266 g/mol. The summed E-state index contributed by atoms with van der Waals surface area (Å²) in [6.07, 6.45) is 2.70. The molecule has 4 rings (SSSR count). The van der Waals surface area contributed by atoms with Gasteiger partial charge in [-0.15, -0.1) is 0 Å². The largest absolute Gasteiger partial charge is 0.456 e. The van der Waals surface area contributed by atoms with Gasteiger partial charge in [0.05, 0.1) is 5.56 Å². The lowest BCUT2D eigenvalue weighted by molar-refractivity contribution is 0.0959. The van der Waals surface area contributed by atoms with Crippen molar-refractivity contribution in [3.8, 4) is 0 Å². The summed E-state index contributed by atoms with van der Waals surface area (Å²) in [5.74, 6) is 1.41. The molecule has 2 aromatic rings. The van der Waals surface area contributed by atoms with Gasteiger partial charge < -0.3 is 4.42 Å². The highest BCUT2D eigenvalue weighted by Crippen LogP contribution is 2.37. The van der Waals surface area contributed by atoms with Crippen LogP contribution in [0.2, 0.25) is 0 Å². The van der Waals surface area contributed by atoms with E-state index in [-0.39, 0.29) is 17.3 Å². The smallest absolute Gasteiger partial charge is 0.229 e. The van der Waals surface area contributed by atoms with Gasteiger partial charge in [-0.1, -0.05) is 31.2 Å². The van der Waals surface area contributed by atoms with Crippen LogP contribution in [-0.2, 0) is 12.8 Å². The lowest BCUT2D eigenvalue weighted by Gasteiger charge is -2.18. The van der Waals surface area contributed by atoms with Gasteiger partial charge in [0.25, 0.3) is 0 Å². The molecule has 0 N–H and O–H groups in total. The Kier molecular flexibility index (Phi) is 2.28. The van der Waals surface area contributed by atoms with E-state index in [2.05, 4.69) is 6.92 Å². The van der Waals surface area contributed by atoms with Gasteiger partial charge >= 0.3 is 0 Å². The molecule has 0 bridgehead atoms. The highest BCUT2D eigenvalue weighted by molar-refractivity contribution is 6.28. The van der Waals surface area contributed by atoms with Gasteiger partial charge in [0.1, 0.15) is 5.76 Å². The van der Waals surface area contributed by atoms with Crippen LogP contribution in [0.3, 0.4) is 0 Å². The highest BCUT2D eigenvalue weighted by atomic mass is 16.4. The third-order valence-corrected chi connectivity index (χ3v) is 4.36. The van der Waals surface area contributed by atoms with Crippen molar-refractivity contribution in [3.05, 3.63) is 58.0 Å². The molecule has 1 heterocycles. The SMILES string of the molecule is CC1CCc2oc3c(c2C1)C(=O)c1ccccc1C3=O. The zero-order valence-electron chi connectivity index (χ0n) is 11.2. The van der Waals surface area contributed by atoms with Gasteiger partial charge in [0.15, 0.2) is 11.5 Å². The fourth-order valence-electron chi connectivity index (χ4n) is 3.29. The Bertz CT molecular complexity index is 752. The molecule has 0 saturated carbocycles. The molecule has 1 aromatic carbocycles. The first-order chi connectivity index (χ1) is 9.66. The second-order valence-corrected chi connectivity index (χ2v) is 5.76. The Labute approximate surface area is 116 Å². The Morgan fingerprint density at radius 2 is 1.80 bits per heavy atom. The molecule has 0 fully saturated rings. The number of hydrogen-bond acceptors (Lipinski definition) is 3. The van der Waals surface area contributed by atoms with Crippen LogP contribution in [0.25, 0.3) is 0 Å². The number of furan rings is 1. The van der Waals surface area contributed by atoms with Gasteiger partial charge in [-0.3, -0.25) is 9.59 Å². The summed E-state index contributed by atoms with van der Waals surface area (Å²) >= 11 is 0. The minimum Gasteiger partial charge on any atom is -0.456 e. The van der Waals surface area contributed by atoms with Crippen LogP contribution in [0.15, 0.2) is 28.7 Å². The molecule has 1 aromatic heterocycles. The van der Waals surface area contributed by atoms with Crippen LogP contribution in [0, 0.1) is 5.92 Å². The summed E-state index contributed by atoms with van der Waals surface area (Å²) in [6, 6.07) is 7.00. The maximum Gasteiger partial charge on any atom is 0.229 e. The minimum atomic E-state index is -0.155. The van der Waals surface area contributed by atoms with E-state index in [0.717, 1.165) is 30.6 Å². The molecule has 3 nitrogen and oxygen atoms in total. The van der Waals surface area contributed by atoms with E-state index in [1.165, 1.54) is 0 Å². The molecule has 20 heavy (non-hydrogen) atoms. The highest BCUT2D eigenvalue weighted by Gasteiger charge is 2.38. The van der Waals surface area contributed by atoms with Crippen LogP contribution in [0.4, 0.5) is 0 Å². The number of fused-ring (bicyclic) bond motifs is 4. The monoisotopic (exact) mass is 266 g/mol. The first-order valence-electron chi connectivity index (χ1n) is 6.99. The molecule has 2 aliphatic rings. The molecule has 0 spiro atoms. The Morgan fingerprint density at radius 3 is 2.55 bits per heavy atom. The predicted octanol–water partition coefficient (Wildman–Crippen LogP) is 3.18. The summed E-state index contributed by atoms with van der Waals surface area (Å²) < 4.78 is 5.75. The molecule has 3 heteroatoms. The Balaban J connectivity index is 1.97. The number of ketones is 2. The van der Waals surface area contributed by atoms with Crippen LogP contribution in [0.5, 0.6) is 0 Å². The van der Waals surface area contributed by atoms with Gasteiger partial charge in [-0.05, 0) is 18.8 Å². The van der Waals surface area contributed by atoms with Crippen molar-refractivity contribution in [1.29, 1.82) is 0 Å². The van der Waals surface area contributed by atoms with Crippen LogP contribution >= 0.6 is 0 Å². The molecule has 0 radical (unpaired) electrons. The standard InChI is InChI=1S/C17H14O3/c1-9-6-7-13-12(8-9)14-15(18)10-4-2-3-5-11(10)16(19)17(14)20-13/h2-5,9H,6-8H2,1H3. The Hall–Kier alpha value is -2.16. The van der Waals surface area contributed by atoms with Crippen molar-refractivity contribution in [2.45, 2.75) is 26.2 Å². The van der Waals surface area contributed by atoms with Gasteiger partial charge in [0, 0.05) is 23.1 Å². The van der Waals surface area contributed by atoms with E-state index < -0.39 is 0 Å². The normalized spacial score (nSPS) is 20.4. The molecule has 1 atom stereocenters. The number of carbonyl (C=O) groups excluding carboxylic acids is 2. The third-order valence-electron chi connectivity index (χ3n) is 4.36. The molecule has 100 valence electrons. The number of rotatable bonds is 0. The molecule has 0 aliphatic heterocycles. The number of hydrogen-bond donors (Lipinski definition) is 0. The van der Waals surface area contributed by atoms with E-state index in [9.17, 15) is 9.59 Å². The van der Waals surface area contributed by atoms with Crippen LogP contribution < -0.4 is 0 Å². The molecule has 2 aliphatic carbocycles. The lowest BCUT2D eigenvalue weighted by Crippen LogP contribution is -2.21. The zero-order chi connectivity index (χ0) is 13.9. The van der Waals surface area contributed by atoms with Crippen molar-refractivity contribution in [3.63, 3.8) is 0 Å². The van der Waals surface area contributed by atoms with Gasteiger partial charge in [0.2, 0.25) is 5.78 Å². The fraction of sp³-hybridized carbons (Fsp3) is 0.294. The van der Waals surface area contributed by atoms with Crippen molar-refractivity contribution in [2.75, 3.05) is 0 Å². The van der Waals surface area contributed by atoms with Crippen molar-refractivity contribution in [2.24, 2.45) is 5.92 Å². The quantitative estimate of drug-likeness (QED) is 0.628. The number of carbonyl (C=O) groups is 2. The van der Waals surface area contributed by atoms with Crippen molar-refractivity contribution >= 4 is 11.6 Å². The van der Waals surface area contributed by atoms with Crippen molar-refractivity contribution < 1.29 is 14.0 Å². The summed E-state index contributed by atoms with van der Waals surface area (Å²) in [5, 5.41) is 0. The van der Waals surface area contributed by atoms with Gasteiger partial charge in [-0.2, -0.15) is 0 Å². The second-order valence-electron chi connectivity index (χ2n) is 5.76. The summed E-state index contributed by atoms with van der Waals surface area (Å²) in [7, 11) is 0. The first-order valence-corrected chi connectivity index (χ1v) is 6.99. The Morgan fingerprint density at radius 1 is 1.10 bits per heavy atom. The zero-order valence-corrected chi connectivity index (χ0v) is 11.2. The van der Waals surface area contributed by atoms with E-state index in [1.807, 2.05) is 0 Å². The molecular formula is C17H14O3. The van der Waals surface area contributed by atoms with Gasteiger partial charge in [-0.25, -0.2) is 0 Å². The predicted molar refractivity (Wildman–Crippen MR) is 73.2 cm³/mol. The molecule has 1 unspecified atom stereocenters. The average Bonchev–Trinajstić information content (AvgIpc) is 2.84. The lowest BCUT2D eigenvalue weighted by atomic mass is 9.81.